The van der Waals surface area contributed by atoms with Crippen LogP contribution < -0.4 is 15.4 Å². The molecule has 6 nitrogen and oxygen atoms in total. The van der Waals surface area contributed by atoms with Gasteiger partial charge in [0.1, 0.15) is 11.4 Å². The monoisotopic (exact) mass is 425 g/mol. The van der Waals surface area contributed by atoms with E-state index in [9.17, 15) is 9.59 Å². The number of ether oxygens (including phenoxy) is 1. The molecule has 160 valence electrons. The smallest absolute Gasteiger partial charge is 0.268 e. The zero-order valence-electron chi connectivity index (χ0n) is 17.9. The molecule has 1 unspecified atom stereocenters. The number of amides is 2. The van der Waals surface area contributed by atoms with E-state index in [1.165, 1.54) is 0 Å². The summed E-state index contributed by atoms with van der Waals surface area (Å²) < 4.78 is 7.32. The van der Waals surface area contributed by atoms with E-state index in [0.29, 0.717) is 23.5 Å². The topological polar surface area (TPSA) is 72.4 Å². The fourth-order valence-corrected chi connectivity index (χ4v) is 4.22. The van der Waals surface area contributed by atoms with Gasteiger partial charge >= 0.3 is 0 Å². The molecule has 0 bridgehead atoms. The van der Waals surface area contributed by atoms with Crippen LogP contribution in [0.25, 0.3) is 22.0 Å². The predicted molar refractivity (Wildman–Crippen MR) is 125 cm³/mol. The number of hydrogen-bond acceptors (Lipinski definition) is 3. The van der Waals surface area contributed by atoms with Crippen LogP contribution in [0.2, 0.25) is 0 Å². The van der Waals surface area contributed by atoms with E-state index in [4.69, 9.17) is 4.74 Å². The van der Waals surface area contributed by atoms with Gasteiger partial charge in [-0.05, 0) is 60.5 Å². The Kier molecular flexibility index (Phi) is 4.90. The average molecular weight is 425 g/mol. The molecule has 3 aromatic carbocycles. The van der Waals surface area contributed by atoms with Gasteiger partial charge in [0.05, 0.1) is 7.11 Å². The molecule has 0 saturated carbocycles. The lowest BCUT2D eigenvalue weighted by Gasteiger charge is -2.24. The lowest BCUT2D eigenvalue weighted by molar-refractivity contribution is 0.0919. The summed E-state index contributed by atoms with van der Waals surface area (Å²) >= 11 is 0. The first kappa shape index (κ1) is 19.9. The molecular weight excluding hydrogens is 402 g/mol. The first-order valence-electron chi connectivity index (χ1n) is 10.5. The van der Waals surface area contributed by atoms with Crippen LogP contribution in [0, 0.1) is 0 Å². The highest BCUT2D eigenvalue weighted by Gasteiger charge is 2.24. The number of fused-ring (bicyclic) bond motifs is 3. The molecule has 0 spiro atoms. The number of benzene rings is 3. The van der Waals surface area contributed by atoms with Crippen LogP contribution in [-0.2, 0) is 0 Å². The molecule has 0 radical (unpaired) electrons. The summed E-state index contributed by atoms with van der Waals surface area (Å²) in [7, 11) is 1.64. The van der Waals surface area contributed by atoms with Crippen LogP contribution >= 0.6 is 0 Å². The maximum absolute atomic E-state index is 13.0. The number of nitrogens with zero attached hydrogens (tertiary/aromatic N) is 1. The first-order chi connectivity index (χ1) is 15.5. The van der Waals surface area contributed by atoms with E-state index in [0.717, 1.165) is 27.8 Å². The summed E-state index contributed by atoms with van der Waals surface area (Å²) in [6, 6.07) is 23.1. The molecule has 0 saturated heterocycles. The van der Waals surface area contributed by atoms with Crippen molar-refractivity contribution in [3.05, 3.63) is 84.1 Å². The van der Waals surface area contributed by atoms with Gasteiger partial charge in [-0.1, -0.05) is 30.3 Å². The molecule has 1 aromatic heterocycles. The van der Waals surface area contributed by atoms with Crippen LogP contribution in [-0.4, -0.2) is 30.0 Å². The van der Waals surface area contributed by atoms with E-state index in [1.54, 1.807) is 13.2 Å². The van der Waals surface area contributed by atoms with Gasteiger partial charge in [0.2, 0.25) is 0 Å². The van der Waals surface area contributed by atoms with Crippen LogP contribution in [0.15, 0.2) is 72.8 Å². The highest BCUT2D eigenvalue weighted by atomic mass is 16.5. The van der Waals surface area contributed by atoms with Crippen molar-refractivity contribution in [2.75, 3.05) is 19.0 Å². The largest absolute Gasteiger partial charge is 0.497 e. The third-order valence-electron chi connectivity index (χ3n) is 5.86. The quantitative estimate of drug-likeness (QED) is 0.490. The second-order valence-electron chi connectivity index (χ2n) is 8.00. The molecule has 1 aliphatic heterocycles. The van der Waals surface area contributed by atoms with Crippen molar-refractivity contribution in [2.24, 2.45) is 0 Å². The Morgan fingerprint density at radius 3 is 2.62 bits per heavy atom. The summed E-state index contributed by atoms with van der Waals surface area (Å²) in [5, 5.41) is 6.84. The van der Waals surface area contributed by atoms with Crippen molar-refractivity contribution in [1.82, 2.24) is 9.88 Å². The van der Waals surface area contributed by atoms with Crippen molar-refractivity contribution in [3.63, 3.8) is 0 Å². The molecule has 6 heteroatoms. The third-order valence-corrected chi connectivity index (χ3v) is 5.86. The summed E-state index contributed by atoms with van der Waals surface area (Å²) in [6.07, 6.45) is 0. The number of hydrogen-bond donors (Lipinski definition) is 2. The number of aromatic nitrogens is 1. The van der Waals surface area contributed by atoms with Gasteiger partial charge in [-0.2, -0.15) is 0 Å². The Hall–Kier alpha value is -4.06. The van der Waals surface area contributed by atoms with Gasteiger partial charge in [-0.25, -0.2) is 0 Å². The Morgan fingerprint density at radius 1 is 1.03 bits per heavy atom. The van der Waals surface area contributed by atoms with E-state index in [-0.39, 0.29) is 17.9 Å². The van der Waals surface area contributed by atoms with Gasteiger partial charge in [0, 0.05) is 34.7 Å². The molecule has 2 heterocycles. The van der Waals surface area contributed by atoms with Crippen molar-refractivity contribution in [3.8, 4) is 16.9 Å². The minimum atomic E-state index is -0.196. The SMILES string of the molecule is COc1cccc(-c2cccc(NC(=O)c3ccc4cc5n(c4c3)C(C)CNC5=O)c2)c1. The number of anilines is 1. The fraction of sp³-hybridized carbons (Fsp3) is 0.154. The predicted octanol–water partition coefficient (Wildman–Crippen LogP) is 4.87. The van der Waals surface area contributed by atoms with Crippen molar-refractivity contribution < 1.29 is 14.3 Å². The van der Waals surface area contributed by atoms with Crippen molar-refractivity contribution in [2.45, 2.75) is 13.0 Å². The lowest BCUT2D eigenvalue weighted by Crippen LogP contribution is -2.37. The molecule has 2 amide bonds. The van der Waals surface area contributed by atoms with Crippen LogP contribution in [0.1, 0.15) is 33.8 Å². The molecule has 0 fully saturated rings. The highest BCUT2D eigenvalue weighted by molar-refractivity contribution is 6.07. The van der Waals surface area contributed by atoms with Crippen molar-refractivity contribution >= 4 is 28.4 Å². The Balaban J connectivity index is 1.44. The van der Waals surface area contributed by atoms with Crippen LogP contribution in [0.4, 0.5) is 5.69 Å². The number of nitrogens with one attached hydrogen (secondary N) is 2. The van der Waals surface area contributed by atoms with E-state index in [1.807, 2.05) is 71.3 Å². The standard InChI is InChI=1S/C26H23N3O3/c1-16-15-27-26(31)24-13-19-9-10-20(14-23(19)29(16)24)25(30)28-21-7-3-5-17(11-21)18-6-4-8-22(12-18)32-2/h3-14,16H,15H2,1-2H3,(H,27,31)(H,28,30). The highest BCUT2D eigenvalue weighted by Crippen LogP contribution is 2.29. The molecule has 2 N–H and O–H groups in total. The maximum Gasteiger partial charge on any atom is 0.268 e. The Labute approximate surface area is 185 Å². The minimum Gasteiger partial charge on any atom is -0.497 e. The maximum atomic E-state index is 13.0. The van der Waals surface area contributed by atoms with Gasteiger partial charge in [-0.15, -0.1) is 0 Å². The van der Waals surface area contributed by atoms with Gasteiger partial charge in [0.15, 0.2) is 0 Å². The van der Waals surface area contributed by atoms with Crippen LogP contribution in [0.5, 0.6) is 5.75 Å². The number of rotatable bonds is 4. The normalized spacial score (nSPS) is 15.2. The molecule has 0 aliphatic carbocycles. The van der Waals surface area contributed by atoms with Gasteiger partial charge in [-0.3, -0.25) is 9.59 Å². The third kappa shape index (κ3) is 3.50. The van der Waals surface area contributed by atoms with Crippen LogP contribution in [0.3, 0.4) is 0 Å². The zero-order valence-corrected chi connectivity index (χ0v) is 17.9. The zero-order chi connectivity index (χ0) is 22.2. The first-order valence-corrected chi connectivity index (χ1v) is 10.5. The molecule has 4 aromatic rings. The average Bonchev–Trinajstić information content (AvgIpc) is 3.22. The van der Waals surface area contributed by atoms with E-state index < -0.39 is 0 Å². The van der Waals surface area contributed by atoms with Gasteiger partial charge in [0.25, 0.3) is 11.8 Å². The summed E-state index contributed by atoms with van der Waals surface area (Å²) in [6.45, 7) is 2.63. The second-order valence-corrected chi connectivity index (χ2v) is 8.00. The Morgan fingerprint density at radius 2 is 1.81 bits per heavy atom. The number of carbonyl (C=O) groups excluding carboxylic acids is 2. The number of carbonyl (C=O) groups is 2. The summed E-state index contributed by atoms with van der Waals surface area (Å²) in [5.41, 5.74) is 4.76. The molecule has 1 aliphatic rings. The second kappa shape index (κ2) is 7.89. The Bertz CT molecular complexity index is 1360. The fourth-order valence-electron chi connectivity index (χ4n) is 4.22. The summed E-state index contributed by atoms with van der Waals surface area (Å²) in [4.78, 5) is 25.3. The van der Waals surface area contributed by atoms with Crippen molar-refractivity contribution in [1.29, 1.82) is 0 Å². The molecule has 32 heavy (non-hydrogen) atoms. The molecule has 1 atom stereocenters. The number of methoxy groups -OCH3 is 1. The van der Waals surface area contributed by atoms with E-state index in [2.05, 4.69) is 17.6 Å². The minimum absolute atomic E-state index is 0.0836. The van der Waals surface area contributed by atoms with Gasteiger partial charge < -0.3 is 19.9 Å². The summed E-state index contributed by atoms with van der Waals surface area (Å²) in [5.74, 6) is 0.501. The molecule has 5 rings (SSSR count). The lowest BCUT2D eigenvalue weighted by atomic mass is 10.0. The van der Waals surface area contributed by atoms with E-state index >= 15 is 0 Å². The molecular formula is C26H23N3O3.